The van der Waals surface area contributed by atoms with Gasteiger partial charge in [-0.15, -0.1) is 0 Å². The zero-order valence-corrected chi connectivity index (χ0v) is 11.6. The third-order valence-electron chi connectivity index (χ3n) is 3.67. The minimum atomic E-state index is -0.461. The number of amides is 2. The summed E-state index contributed by atoms with van der Waals surface area (Å²) in [6.45, 7) is 0.122. The van der Waals surface area contributed by atoms with Crippen molar-refractivity contribution >= 4 is 17.5 Å². The van der Waals surface area contributed by atoms with Crippen LogP contribution >= 0.6 is 0 Å². The van der Waals surface area contributed by atoms with Crippen molar-refractivity contribution in [3.63, 3.8) is 0 Å². The van der Waals surface area contributed by atoms with Gasteiger partial charge in [0.15, 0.2) is 0 Å². The van der Waals surface area contributed by atoms with Gasteiger partial charge in [0.05, 0.1) is 16.1 Å². The van der Waals surface area contributed by atoms with E-state index < -0.39 is 4.92 Å². The topological polar surface area (TPSA) is 80.5 Å². The molecule has 0 atom stereocenters. The summed E-state index contributed by atoms with van der Waals surface area (Å²) in [6, 6.07) is 13.0. The van der Waals surface area contributed by atoms with Crippen LogP contribution in [-0.2, 0) is 6.42 Å². The molecule has 0 aromatic heterocycles. The van der Waals surface area contributed by atoms with Crippen molar-refractivity contribution in [1.82, 2.24) is 4.90 Å². The van der Waals surface area contributed by atoms with E-state index in [9.17, 15) is 19.7 Å². The second kappa shape index (κ2) is 5.40. The number of benzene rings is 2. The zero-order chi connectivity index (χ0) is 15.7. The molecule has 1 aliphatic rings. The van der Waals surface area contributed by atoms with Crippen LogP contribution in [0, 0.1) is 10.1 Å². The van der Waals surface area contributed by atoms with Crippen LogP contribution in [-0.4, -0.2) is 28.2 Å². The molecule has 6 heteroatoms. The fourth-order valence-electron chi connectivity index (χ4n) is 2.57. The summed E-state index contributed by atoms with van der Waals surface area (Å²) < 4.78 is 0. The molecule has 3 rings (SSSR count). The number of hydrogen-bond acceptors (Lipinski definition) is 4. The van der Waals surface area contributed by atoms with E-state index in [-0.39, 0.29) is 30.5 Å². The van der Waals surface area contributed by atoms with E-state index in [1.807, 2.05) is 0 Å². The lowest BCUT2D eigenvalue weighted by molar-refractivity contribution is -0.385. The second-order valence-electron chi connectivity index (χ2n) is 4.94. The SMILES string of the molecule is O=C1c2ccccc2C(=O)N1CCc1ccccc1[N+](=O)[O-]. The molecule has 110 valence electrons. The molecular weight excluding hydrogens is 284 g/mol. The Kier molecular flexibility index (Phi) is 3.42. The Morgan fingerprint density at radius 1 is 0.909 bits per heavy atom. The molecule has 0 fully saturated rings. The zero-order valence-electron chi connectivity index (χ0n) is 11.6. The summed E-state index contributed by atoms with van der Waals surface area (Å²) in [4.78, 5) is 36.1. The van der Waals surface area contributed by atoms with Gasteiger partial charge in [0, 0.05) is 18.2 Å². The number of nitro groups is 1. The predicted molar refractivity (Wildman–Crippen MR) is 78.6 cm³/mol. The van der Waals surface area contributed by atoms with Gasteiger partial charge in [-0.1, -0.05) is 30.3 Å². The fourth-order valence-corrected chi connectivity index (χ4v) is 2.57. The molecule has 0 bridgehead atoms. The van der Waals surface area contributed by atoms with Gasteiger partial charge in [0.2, 0.25) is 0 Å². The van der Waals surface area contributed by atoms with E-state index in [2.05, 4.69) is 0 Å². The van der Waals surface area contributed by atoms with Gasteiger partial charge < -0.3 is 0 Å². The van der Waals surface area contributed by atoms with Crippen molar-refractivity contribution < 1.29 is 14.5 Å². The van der Waals surface area contributed by atoms with Gasteiger partial charge in [-0.3, -0.25) is 24.6 Å². The lowest BCUT2D eigenvalue weighted by Crippen LogP contribution is -2.31. The molecular formula is C16H12N2O4. The fraction of sp³-hybridized carbons (Fsp3) is 0.125. The normalized spacial score (nSPS) is 13.4. The van der Waals surface area contributed by atoms with E-state index in [1.54, 1.807) is 42.5 Å². The lowest BCUT2D eigenvalue weighted by Gasteiger charge is -2.13. The Labute approximate surface area is 126 Å². The van der Waals surface area contributed by atoms with Crippen LogP contribution in [0.1, 0.15) is 26.3 Å². The molecule has 0 radical (unpaired) electrons. The van der Waals surface area contributed by atoms with Crippen LogP contribution in [0.4, 0.5) is 5.69 Å². The Balaban J connectivity index is 1.81. The largest absolute Gasteiger partial charge is 0.274 e. The smallest absolute Gasteiger partial charge is 0.272 e. The monoisotopic (exact) mass is 296 g/mol. The summed E-state index contributed by atoms with van der Waals surface area (Å²) in [6.07, 6.45) is 0.253. The molecule has 0 N–H and O–H groups in total. The minimum Gasteiger partial charge on any atom is -0.274 e. The lowest BCUT2D eigenvalue weighted by atomic mass is 10.1. The average Bonchev–Trinajstić information content (AvgIpc) is 2.77. The summed E-state index contributed by atoms with van der Waals surface area (Å²) in [5.41, 5.74) is 1.27. The molecule has 1 aliphatic heterocycles. The molecule has 0 saturated carbocycles. The predicted octanol–water partition coefficient (Wildman–Crippen LogP) is 2.43. The molecule has 2 aromatic carbocycles. The maximum Gasteiger partial charge on any atom is 0.272 e. The maximum absolute atomic E-state index is 12.2. The summed E-state index contributed by atoms with van der Waals surface area (Å²) in [5.74, 6) is -0.696. The number of nitrogens with zero attached hydrogens (tertiary/aromatic N) is 2. The molecule has 0 aliphatic carbocycles. The van der Waals surface area contributed by atoms with Gasteiger partial charge in [-0.2, -0.15) is 0 Å². The van der Waals surface area contributed by atoms with E-state index in [1.165, 1.54) is 6.07 Å². The highest BCUT2D eigenvalue weighted by Crippen LogP contribution is 2.24. The van der Waals surface area contributed by atoms with Crippen molar-refractivity contribution in [1.29, 1.82) is 0 Å². The molecule has 6 nitrogen and oxygen atoms in total. The number of nitro benzene ring substituents is 1. The molecule has 2 aromatic rings. The Morgan fingerprint density at radius 3 is 2.05 bits per heavy atom. The number of fused-ring (bicyclic) bond motifs is 1. The quantitative estimate of drug-likeness (QED) is 0.493. The summed E-state index contributed by atoms with van der Waals surface area (Å²) >= 11 is 0. The molecule has 22 heavy (non-hydrogen) atoms. The minimum absolute atomic E-state index is 0.000825. The molecule has 1 heterocycles. The number of para-hydroxylation sites is 1. The first-order valence-electron chi connectivity index (χ1n) is 6.77. The van der Waals surface area contributed by atoms with Crippen molar-refractivity contribution in [3.8, 4) is 0 Å². The summed E-state index contributed by atoms with van der Waals surface area (Å²) in [5, 5.41) is 11.0. The third-order valence-corrected chi connectivity index (χ3v) is 3.67. The second-order valence-corrected chi connectivity index (χ2v) is 4.94. The standard InChI is InChI=1S/C16H12N2O4/c19-15-12-6-2-3-7-13(12)16(20)17(15)10-9-11-5-1-4-8-14(11)18(21)22/h1-8H,9-10H2. The van der Waals surface area contributed by atoms with Crippen molar-refractivity contribution in [2.24, 2.45) is 0 Å². The highest BCUT2D eigenvalue weighted by Gasteiger charge is 2.34. The van der Waals surface area contributed by atoms with E-state index in [4.69, 9.17) is 0 Å². The van der Waals surface area contributed by atoms with Crippen molar-refractivity contribution in [2.75, 3.05) is 6.54 Å². The molecule has 2 amide bonds. The molecule has 0 saturated heterocycles. The average molecular weight is 296 g/mol. The number of carbonyl (C=O) groups excluding carboxylic acids is 2. The highest BCUT2D eigenvalue weighted by molar-refractivity contribution is 6.21. The highest BCUT2D eigenvalue weighted by atomic mass is 16.6. The first kappa shape index (κ1) is 13.9. The van der Waals surface area contributed by atoms with Crippen LogP contribution < -0.4 is 0 Å². The van der Waals surface area contributed by atoms with Gasteiger partial charge in [-0.25, -0.2) is 0 Å². The number of imide groups is 1. The van der Waals surface area contributed by atoms with Crippen molar-refractivity contribution in [2.45, 2.75) is 6.42 Å². The van der Waals surface area contributed by atoms with Crippen molar-refractivity contribution in [3.05, 3.63) is 75.3 Å². The number of carbonyl (C=O) groups is 2. The summed E-state index contributed by atoms with van der Waals surface area (Å²) in [7, 11) is 0. The maximum atomic E-state index is 12.2. The number of hydrogen-bond donors (Lipinski definition) is 0. The van der Waals surface area contributed by atoms with E-state index in [0.29, 0.717) is 16.7 Å². The van der Waals surface area contributed by atoms with Crippen LogP contribution in [0.5, 0.6) is 0 Å². The number of rotatable bonds is 4. The van der Waals surface area contributed by atoms with Crippen LogP contribution in [0.15, 0.2) is 48.5 Å². The van der Waals surface area contributed by atoms with Gasteiger partial charge in [0.1, 0.15) is 0 Å². The van der Waals surface area contributed by atoms with E-state index in [0.717, 1.165) is 4.90 Å². The van der Waals surface area contributed by atoms with Gasteiger partial charge >= 0.3 is 0 Å². The van der Waals surface area contributed by atoms with Gasteiger partial charge in [0.25, 0.3) is 17.5 Å². The Bertz CT molecular complexity index is 750. The first-order chi connectivity index (χ1) is 10.6. The molecule has 0 unspecified atom stereocenters. The van der Waals surface area contributed by atoms with Crippen LogP contribution in [0.2, 0.25) is 0 Å². The first-order valence-corrected chi connectivity index (χ1v) is 6.77. The molecule has 0 spiro atoms. The van der Waals surface area contributed by atoms with Gasteiger partial charge in [-0.05, 0) is 18.6 Å². The van der Waals surface area contributed by atoms with Crippen LogP contribution in [0.3, 0.4) is 0 Å². The Hall–Kier alpha value is -3.02. The Morgan fingerprint density at radius 2 is 1.45 bits per heavy atom. The van der Waals surface area contributed by atoms with Crippen LogP contribution in [0.25, 0.3) is 0 Å². The third kappa shape index (κ3) is 2.24. The van der Waals surface area contributed by atoms with E-state index >= 15 is 0 Å².